The molecule has 1 aromatic rings. The number of esters is 1. The average molecular weight is 370 g/mol. The molecular formula is C21H26N2O4. The maximum atomic E-state index is 12.1. The van der Waals surface area contributed by atoms with E-state index in [-0.39, 0.29) is 17.5 Å². The fourth-order valence-corrected chi connectivity index (χ4v) is 3.25. The van der Waals surface area contributed by atoms with Gasteiger partial charge in [0.25, 0.3) is 5.91 Å². The topological polar surface area (TPSA) is 88.4 Å². The van der Waals surface area contributed by atoms with Crippen molar-refractivity contribution in [3.05, 3.63) is 35.4 Å². The predicted molar refractivity (Wildman–Crippen MR) is 102 cm³/mol. The van der Waals surface area contributed by atoms with E-state index in [0.717, 1.165) is 12.8 Å². The van der Waals surface area contributed by atoms with Crippen LogP contribution in [0.5, 0.6) is 5.75 Å². The molecule has 2 rings (SSSR count). The van der Waals surface area contributed by atoms with E-state index in [9.17, 15) is 14.9 Å². The van der Waals surface area contributed by atoms with Crippen LogP contribution in [0.4, 0.5) is 0 Å². The second kappa shape index (κ2) is 9.77. The molecule has 1 fully saturated rings. The summed E-state index contributed by atoms with van der Waals surface area (Å²) in [7, 11) is 1.56. The van der Waals surface area contributed by atoms with Crippen LogP contribution >= 0.6 is 0 Å². The number of carbonyl (C=O) groups excluding carboxylic acids is 2. The van der Waals surface area contributed by atoms with Crippen LogP contribution in [0.15, 0.2) is 29.8 Å². The number of nitrogens with one attached hydrogen (secondary N) is 1. The van der Waals surface area contributed by atoms with E-state index in [4.69, 9.17) is 9.47 Å². The molecule has 1 saturated carbocycles. The summed E-state index contributed by atoms with van der Waals surface area (Å²) in [6.07, 6.45) is 4.61. The first-order valence-corrected chi connectivity index (χ1v) is 9.17. The van der Waals surface area contributed by atoms with Gasteiger partial charge in [0, 0.05) is 6.04 Å². The molecule has 27 heavy (non-hydrogen) atoms. The molecule has 1 aromatic carbocycles. The van der Waals surface area contributed by atoms with Crippen LogP contribution in [0, 0.1) is 23.2 Å². The minimum Gasteiger partial charge on any atom is -0.497 e. The minimum absolute atomic E-state index is 0.102. The number of nitriles is 1. The van der Waals surface area contributed by atoms with Gasteiger partial charge < -0.3 is 14.8 Å². The molecule has 1 aliphatic carbocycles. The molecule has 0 aromatic heterocycles. The Morgan fingerprint density at radius 1 is 1.26 bits per heavy atom. The third kappa shape index (κ3) is 5.85. The van der Waals surface area contributed by atoms with Gasteiger partial charge in [-0.15, -0.1) is 0 Å². The van der Waals surface area contributed by atoms with Crippen molar-refractivity contribution in [1.29, 1.82) is 5.26 Å². The maximum Gasteiger partial charge on any atom is 0.349 e. The lowest BCUT2D eigenvalue weighted by Crippen LogP contribution is -2.45. The van der Waals surface area contributed by atoms with Crippen LogP contribution in [0.25, 0.3) is 6.08 Å². The Kier molecular flexibility index (Phi) is 7.42. The minimum atomic E-state index is -0.812. The van der Waals surface area contributed by atoms with Gasteiger partial charge in [-0.05, 0) is 42.0 Å². The van der Waals surface area contributed by atoms with Crippen LogP contribution in [-0.4, -0.2) is 31.6 Å². The zero-order valence-electron chi connectivity index (χ0n) is 16.0. The lowest BCUT2D eigenvalue weighted by atomic mass is 9.78. The van der Waals surface area contributed by atoms with E-state index < -0.39 is 12.6 Å². The Balaban J connectivity index is 1.89. The number of ether oxygens (including phenoxy) is 2. The van der Waals surface area contributed by atoms with Gasteiger partial charge in [0.15, 0.2) is 6.61 Å². The highest BCUT2D eigenvalue weighted by Gasteiger charge is 2.28. The first-order chi connectivity index (χ1) is 12.9. The van der Waals surface area contributed by atoms with E-state index >= 15 is 0 Å². The summed E-state index contributed by atoms with van der Waals surface area (Å²) in [5, 5.41) is 12.1. The van der Waals surface area contributed by atoms with Crippen LogP contribution in [0.3, 0.4) is 0 Å². The monoisotopic (exact) mass is 370 g/mol. The van der Waals surface area contributed by atoms with E-state index in [2.05, 4.69) is 19.2 Å². The number of carbonyl (C=O) groups is 2. The summed E-state index contributed by atoms with van der Waals surface area (Å²) in [5.74, 6) is 0.480. The second-order valence-corrected chi connectivity index (χ2v) is 6.96. The van der Waals surface area contributed by atoms with Crippen molar-refractivity contribution >= 4 is 18.0 Å². The second-order valence-electron chi connectivity index (χ2n) is 6.96. The molecule has 0 spiro atoms. The standard InChI is InChI=1S/C21H26N2O4/c1-14-5-4-6-19(15(14)2)23-20(24)13-27-21(25)17(12-22)11-16-7-9-18(26-3)10-8-16/h7-11,14-15,19H,4-6,13H2,1-3H3,(H,23,24)/b17-11-/t14-,15+,19+/m0/s1. The molecule has 1 N–H and O–H groups in total. The summed E-state index contributed by atoms with van der Waals surface area (Å²) in [6.45, 7) is 3.93. The molecule has 0 bridgehead atoms. The van der Waals surface area contributed by atoms with Gasteiger partial charge in [-0.3, -0.25) is 4.79 Å². The van der Waals surface area contributed by atoms with Gasteiger partial charge in [0.1, 0.15) is 17.4 Å². The van der Waals surface area contributed by atoms with E-state index in [1.165, 1.54) is 12.5 Å². The van der Waals surface area contributed by atoms with Crippen molar-refractivity contribution in [3.8, 4) is 11.8 Å². The maximum absolute atomic E-state index is 12.1. The lowest BCUT2D eigenvalue weighted by molar-refractivity contribution is -0.144. The Hall–Kier alpha value is -2.81. The molecule has 0 unspecified atom stereocenters. The molecule has 1 amide bonds. The number of hydrogen-bond donors (Lipinski definition) is 1. The van der Waals surface area contributed by atoms with Gasteiger partial charge in [0.05, 0.1) is 7.11 Å². The third-order valence-electron chi connectivity index (χ3n) is 5.15. The third-order valence-corrected chi connectivity index (χ3v) is 5.15. The largest absolute Gasteiger partial charge is 0.497 e. The fourth-order valence-electron chi connectivity index (χ4n) is 3.25. The van der Waals surface area contributed by atoms with E-state index in [1.54, 1.807) is 31.4 Å². The molecular weight excluding hydrogens is 344 g/mol. The fraction of sp³-hybridized carbons (Fsp3) is 0.476. The van der Waals surface area contributed by atoms with Crippen molar-refractivity contribution in [1.82, 2.24) is 5.32 Å². The summed E-state index contributed by atoms with van der Waals surface area (Å²) in [4.78, 5) is 24.2. The number of benzene rings is 1. The first kappa shape index (κ1) is 20.5. The highest BCUT2D eigenvalue weighted by atomic mass is 16.5. The highest BCUT2D eigenvalue weighted by molar-refractivity contribution is 5.98. The van der Waals surface area contributed by atoms with Gasteiger partial charge in [-0.2, -0.15) is 5.26 Å². The molecule has 0 radical (unpaired) electrons. The summed E-state index contributed by atoms with van der Waals surface area (Å²) in [5.41, 5.74) is 0.506. The van der Waals surface area contributed by atoms with Crippen molar-refractivity contribution in [2.24, 2.45) is 11.8 Å². The lowest BCUT2D eigenvalue weighted by Gasteiger charge is -2.34. The van der Waals surface area contributed by atoms with Gasteiger partial charge in [-0.25, -0.2) is 4.79 Å². The first-order valence-electron chi connectivity index (χ1n) is 9.17. The van der Waals surface area contributed by atoms with Crippen LogP contribution in [0.1, 0.15) is 38.7 Å². The van der Waals surface area contributed by atoms with Crippen LogP contribution < -0.4 is 10.1 Å². The smallest absolute Gasteiger partial charge is 0.349 e. The highest BCUT2D eigenvalue weighted by Crippen LogP contribution is 2.29. The van der Waals surface area contributed by atoms with E-state index in [1.807, 2.05) is 6.07 Å². The Labute approximate surface area is 160 Å². The Morgan fingerprint density at radius 3 is 2.59 bits per heavy atom. The zero-order chi connectivity index (χ0) is 19.8. The Bertz CT molecular complexity index is 734. The molecule has 0 saturated heterocycles. The average Bonchev–Trinajstić information content (AvgIpc) is 2.68. The molecule has 6 heteroatoms. The molecule has 3 atom stereocenters. The number of rotatable bonds is 6. The number of methoxy groups -OCH3 is 1. The zero-order valence-corrected chi connectivity index (χ0v) is 16.0. The van der Waals surface area contributed by atoms with Gasteiger partial charge in [0.2, 0.25) is 0 Å². The van der Waals surface area contributed by atoms with Crippen molar-refractivity contribution < 1.29 is 19.1 Å². The summed E-state index contributed by atoms with van der Waals surface area (Å²) < 4.78 is 10.1. The Morgan fingerprint density at radius 2 is 1.96 bits per heavy atom. The van der Waals surface area contributed by atoms with Crippen LogP contribution in [0.2, 0.25) is 0 Å². The van der Waals surface area contributed by atoms with Crippen molar-refractivity contribution in [2.75, 3.05) is 13.7 Å². The quantitative estimate of drug-likeness (QED) is 0.472. The SMILES string of the molecule is COc1ccc(/C=C(/C#N)C(=O)OCC(=O)N[C@@H]2CCC[C@H](C)[C@H]2C)cc1. The van der Waals surface area contributed by atoms with E-state index in [0.29, 0.717) is 23.1 Å². The molecule has 0 aliphatic heterocycles. The molecule has 0 heterocycles. The van der Waals surface area contributed by atoms with Crippen LogP contribution in [-0.2, 0) is 14.3 Å². The molecule has 144 valence electrons. The normalized spacial score (nSPS) is 22.4. The molecule has 6 nitrogen and oxygen atoms in total. The number of amides is 1. The van der Waals surface area contributed by atoms with Gasteiger partial charge in [-0.1, -0.05) is 38.8 Å². The summed E-state index contributed by atoms with van der Waals surface area (Å²) in [6, 6.07) is 8.83. The van der Waals surface area contributed by atoms with Crippen molar-refractivity contribution in [2.45, 2.75) is 39.2 Å². The number of nitrogens with zero attached hydrogens (tertiary/aromatic N) is 1. The summed E-state index contributed by atoms with van der Waals surface area (Å²) >= 11 is 0. The van der Waals surface area contributed by atoms with Gasteiger partial charge >= 0.3 is 5.97 Å². The number of hydrogen-bond acceptors (Lipinski definition) is 5. The van der Waals surface area contributed by atoms with Crippen molar-refractivity contribution in [3.63, 3.8) is 0 Å². The molecule has 1 aliphatic rings. The predicted octanol–water partition coefficient (Wildman–Crippen LogP) is 3.09.